The Labute approximate surface area is 90.4 Å². The lowest BCUT2D eigenvalue weighted by Gasteiger charge is -2.11. The van der Waals surface area contributed by atoms with Gasteiger partial charge in [0.2, 0.25) is 0 Å². The minimum absolute atomic E-state index is 0.686. The average Bonchev–Trinajstić information content (AvgIpc) is 2.09. The Morgan fingerprint density at radius 3 is 2.71 bits per heavy atom. The fourth-order valence-corrected chi connectivity index (χ4v) is 1.46. The van der Waals surface area contributed by atoms with Gasteiger partial charge in [0.05, 0.1) is 16.4 Å². The van der Waals surface area contributed by atoms with E-state index in [2.05, 4.69) is 19.2 Å². The molecule has 1 aromatic rings. The number of hydrogen-bond acceptors (Lipinski definition) is 2. The van der Waals surface area contributed by atoms with Crippen LogP contribution in [0.2, 0.25) is 5.02 Å². The molecular formula is C11H17ClN2. The molecule has 3 N–H and O–H groups in total. The van der Waals surface area contributed by atoms with E-state index in [1.165, 1.54) is 0 Å². The third-order valence-electron chi connectivity index (χ3n) is 2.07. The number of nitrogen functional groups attached to an aromatic ring is 1. The summed E-state index contributed by atoms with van der Waals surface area (Å²) in [5.74, 6) is 0.686. The van der Waals surface area contributed by atoms with Gasteiger partial charge in [-0.05, 0) is 24.5 Å². The van der Waals surface area contributed by atoms with E-state index in [4.69, 9.17) is 17.3 Å². The van der Waals surface area contributed by atoms with Gasteiger partial charge in [0, 0.05) is 6.54 Å². The monoisotopic (exact) mass is 212 g/mol. The molecule has 78 valence electrons. The lowest BCUT2D eigenvalue weighted by molar-refractivity contribution is 0.607. The molecular weight excluding hydrogens is 196 g/mol. The van der Waals surface area contributed by atoms with Gasteiger partial charge in [-0.1, -0.05) is 31.5 Å². The lowest BCUT2D eigenvalue weighted by atomic mass is 10.1. The Morgan fingerprint density at radius 2 is 2.14 bits per heavy atom. The van der Waals surface area contributed by atoms with E-state index < -0.39 is 0 Å². The van der Waals surface area contributed by atoms with E-state index in [1.807, 2.05) is 18.2 Å². The molecule has 2 nitrogen and oxygen atoms in total. The molecule has 1 aromatic carbocycles. The van der Waals surface area contributed by atoms with Crippen LogP contribution in [-0.4, -0.2) is 6.54 Å². The van der Waals surface area contributed by atoms with Crippen LogP contribution in [0.25, 0.3) is 0 Å². The van der Waals surface area contributed by atoms with Crippen LogP contribution in [0.3, 0.4) is 0 Å². The number of hydrogen-bond donors (Lipinski definition) is 2. The highest BCUT2D eigenvalue weighted by molar-refractivity contribution is 6.33. The van der Waals surface area contributed by atoms with Gasteiger partial charge in [-0.15, -0.1) is 0 Å². The van der Waals surface area contributed by atoms with Crippen LogP contribution in [0.5, 0.6) is 0 Å². The minimum atomic E-state index is 0.686. The molecule has 0 bridgehead atoms. The van der Waals surface area contributed by atoms with Crippen molar-refractivity contribution in [2.24, 2.45) is 5.92 Å². The summed E-state index contributed by atoms with van der Waals surface area (Å²) in [6, 6.07) is 5.55. The summed E-state index contributed by atoms with van der Waals surface area (Å²) in [7, 11) is 0. The molecule has 0 aliphatic carbocycles. The molecule has 0 heterocycles. The van der Waals surface area contributed by atoms with Crippen LogP contribution in [0, 0.1) is 5.92 Å². The second kappa shape index (κ2) is 5.11. The first-order valence-electron chi connectivity index (χ1n) is 4.89. The highest BCUT2D eigenvalue weighted by Crippen LogP contribution is 2.27. The van der Waals surface area contributed by atoms with E-state index in [-0.39, 0.29) is 0 Å². The van der Waals surface area contributed by atoms with E-state index in [1.54, 1.807) is 0 Å². The fourth-order valence-electron chi connectivity index (χ4n) is 1.21. The quantitative estimate of drug-likeness (QED) is 0.751. The molecule has 0 fully saturated rings. The van der Waals surface area contributed by atoms with Crippen molar-refractivity contribution in [2.75, 3.05) is 17.6 Å². The smallest absolute Gasteiger partial charge is 0.0763 e. The molecule has 0 amide bonds. The third-order valence-corrected chi connectivity index (χ3v) is 2.38. The van der Waals surface area contributed by atoms with E-state index in [9.17, 15) is 0 Å². The summed E-state index contributed by atoms with van der Waals surface area (Å²) in [6.45, 7) is 5.29. The Hall–Kier alpha value is -0.890. The molecule has 0 saturated carbocycles. The highest BCUT2D eigenvalue weighted by Gasteiger charge is 2.03. The zero-order chi connectivity index (χ0) is 10.6. The minimum Gasteiger partial charge on any atom is -0.397 e. The standard InChI is InChI=1S/C11H17ClN2/c1-8(2)6-7-14-11-9(12)4-3-5-10(11)13/h3-5,8,14H,6-7,13H2,1-2H3. The Bertz CT molecular complexity index is 277. The van der Waals surface area contributed by atoms with Gasteiger partial charge >= 0.3 is 0 Å². The second-order valence-electron chi connectivity index (χ2n) is 3.81. The van der Waals surface area contributed by atoms with Gasteiger partial charge in [-0.3, -0.25) is 0 Å². The van der Waals surface area contributed by atoms with E-state index in [0.717, 1.165) is 18.7 Å². The number of para-hydroxylation sites is 1. The first kappa shape index (κ1) is 11.2. The van der Waals surface area contributed by atoms with Crippen LogP contribution in [0.15, 0.2) is 18.2 Å². The Balaban J connectivity index is 2.58. The summed E-state index contributed by atoms with van der Waals surface area (Å²) in [4.78, 5) is 0. The Kier molecular flexibility index (Phi) is 4.08. The normalized spacial score (nSPS) is 10.6. The predicted molar refractivity (Wildman–Crippen MR) is 63.8 cm³/mol. The van der Waals surface area contributed by atoms with Crippen molar-refractivity contribution >= 4 is 23.0 Å². The number of benzene rings is 1. The molecule has 0 aromatic heterocycles. The molecule has 1 rings (SSSR count). The first-order valence-corrected chi connectivity index (χ1v) is 5.27. The first-order chi connectivity index (χ1) is 6.61. The molecule has 0 radical (unpaired) electrons. The van der Waals surface area contributed by atoms with Gasteiger partial charge in [0.1, 0.15) is 0 Å². The third kappa shape index (κ3) is 3.11. The van der Waals surface area contributed by atoms with Crippen molar-refractivity contribution in [3.8, 4) is 0 Å². The summed E-state index contributed by atoms with van der Waals surface area (Å²) in [6.07, 6.45) is 1.12. The molecule has 0 unspecified atom stereocenters. The Morgan fingerprint density at radius 1 is 1.43 bits per heavy atom. The van der Waals surface area contributed by atoms with Crippen molar-refractivity contribution in [1.29, 1.82) is 0 Å². The summed E-state index contributed by atoms with van der Waals surface area (Å²) < 4.78 is 0. The number of nitrogens with two attached hydrogens (primary N) is 1. The highest BCUT2D eigenvalue weighted by atomic mass is 35.5. The molecule has 0 spiro atoms. The lowest BCUT2D eigenvalue weighted by Crippen LogP contribution is -2.07. The molecule has 0 atom stereocenters. The fraction of sp³-hybridized carbons (Fsp3) is 0.455. The van der Waals surface area contributed by atoms with Gasteiger partial charge in [0.25, 0.3) is 0 Å². The van der Waals surface area contributed by atoms with E-state index >= 15 is 0 Å². The number of nitrogens with one attached hydrogen (secondary N) is 1. The largest absolute Gasteiger partial charge is 0.397 e. The van der Waals surface area contributed by atoms with Crippen LogP contribution >= 0.6 is 11.6 Å². The van der Waals surface area contributed by atoms with Gasteiger partial charge in [-0.2, -0.15) is 0 Å². The van der Waals surface area contributed by atoms with Gasteiger partial charge < -0.3 is 11.1 Å². The number of anilines is 2. The predicted octanol–water partition coefficient (Wildman–Crippen LogP) is 3.38. The maximum absolute atomic E-state index is 6.00. The maximum atomic E-state index is 6.00. The molecule has 0 aliphatic rings. The van der Waals surface area contributed by atoms with Crippen molar-refractivity contribution in [3.63, 3.8) is 0 Å². The molecule has 0 aliphatic heterocycles. The zero-order valence-corrected chi connectivity index (χ0v) is 9.43. The molecule has 14 heavy (non-hydrogen) atoms. The summed E-state index contributed by atoms with van der Waals surface area (Å²) in [5.41, 5.74) is 7.36. The van der Waals surface area contributed by atoms with Crippen molar-refractivity contribution < 1.29 is 0 Å². The summed E-state index contributed by atoms with van der Waals surface area (Å²) >= 11 is 6.00. The second-order valence-corrected chi connectivity index (χ2v) is 4.22. The molecule has 0 saturated heterocycles. The van der Waals surface area contributed by atoms with Crippen LogP contribution in [0.4, 0.5) is 11.4 Å². The molecule has 3 heteroatoms. The van der Waals surface area contributed by atoms with Crippen LogP contribution in [0.1, 0.15) is 20.3 Å². The topological polar surface area (TPSA) is 38.0 Å². The average molecular weight is 213 g/mol. The zero-order valence-electron chi connectivity index (χ0n) is 8.68. The van der Waals surface area contributed by atoms with Crippen LogP contribution < -0.4 is 11.1 Å². The summed E-state index contributed by atoms with van der Waals surface area (Å²) in [5, 5.41) is 3.94. The maximum Gasteiger partial charge on any atom is 0.0763 e. The van der Waals surface area contributed by atoms with Crippen molar-refractivity contribution in [1.82, 2.24) is 0 Å². The van der Waals surface area contributed by atoms with Crippen LogP contribution in [-0.2, 0) is 0 Å². The van der Waals surface area contributed by atoms with Crippen molar-refractivity contribution in [2.45, 2.75) is 20.3 Å². The van der Waals surface area contributed by atoms with Gasteiger partial charge in [0.15, 0.2) is 0 Å². The SMILES string of the molecule is CC(C)CCNc1c(N)cccc1Cl. The van der Waals surface area contributed by atoms with E-state index in [0.29, 0.717) is 16.6 Å². The van der Waals surface area contributed by atoms with Gasteiger partial charge in [-0.25, -0.2) is 0 Å². The number of halogens is 1. The number of rotatable bonds is 4. The van der Waals surface area contributed by atoms with Crippen molar-refractivity contribution in [3.05, 3.63) is 23.2 Å².